The second-order valence-electron chi connectivity index (χ2n) is 12.1. The van der Waals surface area contributed by atoms with Crippen LogP contribution in [0.15, 0.2) is 0 Å². The number of rotatable bonds is 15. The van der Waals surface area contributed by atoms with Gasteiger partial charge in [0.25, 0.3) is 0 Å². The highest BCUT2D eigenvalue weighted by Crippen LogP contribution is 2.71. The fraction of sp³-hybridized carbons (Fsp3) is 1.00. The maximum Gasteiger partial charge on any atom is 0.000371 e. The van der Waals surface area contributed by atoms with Crippen molar-refractivity contribution in [3.8, 4) is 0 Å². The summed E-state index contributed by atoms with van der Waals surface area (Å²) in [7, 11) is 0.265. The molecule has 0 N–H and O–H groups in total. The van der Waals surface area contributed by atoms with E-state index in [1.165, 1.54) is 12.8 Å². The summed E-state index contributed by atoms with van der Waals surface area (Å²) in [5, 5.41) is 1.96. The predicted octanol–water partition coefficient (Wildman–Crippen LogP) is 11.6. The third-order valence-electron chi connectivity index (χ3n) is 6.83. The highest BCUT2D eigenvalue weighted by Gasteiger charge is 2.39. The minimum absolute atomic E-state index is 0.0663. The number of hydrogen-bond acceptors (Lipinski definition) is 0. The molecule has 0 atom stereocenters. The van der Waals surface area contributed by atoms with Gasteiger partial charge in [-0.2, -0.15) is 0 Å². The van der Waals surface area contributed by atoms with E-state index in [1.54, 1.807) is 0 Å². The van der Waals surface area contributed by atoms with E-state index in [0.29, 0.717) is 0 Å². The van der Waals surface area contributed by atoms with Gasteiger partial charge >= 0.3 is 0 Å². The fourth-order valence-corrected chi connectivity index (χ4v) is 27.3. The maximum absolute atomic E-state index is 2.54. The van der Waals surface area contributed by atoms with E-state index in [-0.39, 0.29) is 31.7 Å². The molecule has 0 aromatic heterocycles. The molecule has 0 amide bonds. The van der Waals surface area contributed by atoms with Crippen LogP contribution in [0.3, 0.4) is 0 Å². The lowest BCUT2D eigenvalue weighted by Crippen LogP contribution is -2.26. The summed E-state index contributed by atoms with van der Waals surface area (Å²) < 4.78 is 0. The van der Waals surface area contributed by atoms with Gasteiger partial charge in [0.1, 0.15) is 0 Å². The zero-order valence-corrected chi connectivity index (χ0v) is 28.6. The van der Waals surface area contributed by atoms with Crippen molar-refractivity contribution in [1.29, 1.82) is 0 Å². The lowest BCUT2D eigenvalue weighted by atomic mass is 10.4. The third kappa shape index (κ3) is 10.00. The molecule has 0 nitrogen and oxygen atoms in total. The van der Waals surface area contributed by atoms with E-state index in [0.717, 1.165) is 56.1 Å². The van der Waals surface area contributed by atoms with Crippen molar-refractivity contribution in [1.82, 2.24) is 0 Å². The Kier molecular flexibility index (Phi) is 16.6. The predicted molar refractivity (Wildman–Crippen MR) is 166 cm³/mol. The molecule has 4 heteroatoms. The van der Waals surface area contributed by atoms with Crippen molar-refractivity contribution in [3.05, 3.63) is 0 Å². The normalized spacial score (nSPS) is 14.1. The highest BCUT2D eigenvalue weighted by atomic mass is 31.2. The molecule has 0 aromatic carbocycles. The molecule has 0 bridgehead atoms. The maximum atomic E-state index is 2.54. The van der Waals surface area contributed by atoms with E-state index in [1.807, 2.05) is 0 Å². The molecule has 194 valence electrons. The molecule has 0 fully saturated rings. The van der Waals surface area contributed by atoms with Crippen molar-refractivity contribution in [3.63, 3.8) is 0 Å². The fourth-order valence-electron chi connectivity index (χ4n) is 6.34. The Morgan fingerprint density at radius 2 is 0.406 bits per heavy atom. The van der Waals surface area contributed by atoms with E-state index >= 15 is 0 Å². The first-order chi connectivity index (χ1) is 14.6. The molecular formula is C28H62P4. The first-order valence-electron chi connectivity index (χ1n) is 13.7. The van der Waals surface area contributed by atoms with Gasteiger partial charge in [0.05, 0.1) is 0 Å². The van der Waals surface area contributed by atoms with Crippen LogP contribution in [0.25, 0.3) is 0 Å². The Morgan fingerprint density at radius 1 is 0.281 bits per heavy atom. The van der Waals surface area contributed by atoms with Crippen LogP contribution < -0.4 is 0 Å². The van der Waals surface area contributed by atoms with Gasteiger partial charge in [0, 0.05) is 10.8 Å². The highest BCUT2D eigenvalue weighted by molar-refractivity contribution is 7.78. The molecule has 0 rings (SSSR count). The average Bonchev–Trinajstić information content (AvgIpc) is 2.56. The summed E-state index contributed by atoms with van der Waals surface area (Å²) in [6, 6.07) is 0. The molecule has 0 radical (unpaired) electrons. The Balaban J connectivity index is 6.34. The van der Waals surface area contributed by atoms with Crippen LogP contribution in [0, 0.1) is 0 Å². The largest absolute Gasteiger partial charge is 0.0938 e. The van der Waals surface area contributed by atoms with Crippen molar-refractivity contribution in [2.45, 2.75) is 180 Å². The molecule has 0 unspecified atom stereocenters. The molecule has 0 heterocycles. The minimum Gasteiger partial charge on any atom is -0.0938 e. The number of hydrogen-bond donors (Lipinski definition) is 0. The molecule has 0 saturated heterocycles. The van der Waals surface area contributed by atoms with E-state index < -0.39 is 0 Å². The first kappa shape index (κ1) is 33.7. The summed E-state index contributed by atoms with van der Waals surface area (Å²) >= 11 is 0. The van der Waals surface area contributed by atoms with E-state index in [4.69, 9.17) is 0 Å². The lowest BCUT2D eigenvalue weighted by Gasteiger charge is -2.47. The van der Waals surface area contributed by atoms with Gasteiger partial charge in [-0.15, -0.1) is 0 Å². The Hall–Kier alpha value is 1.72. The molecule has 0 aliphatic heterocycles. The van der Waals surface area contributed by atoms with Gasteiger partial charge in [-0.1, -0.05) is 142 Å². The summed E-state index contributed by atoms with van der Waals surface area (Å²) in [6.07, 6.45) is 3.01. The van der Waals surface area contributed by atoms with E-state index in [9.17, 15) is 0 Å². The van der Waals surface area contributed by atoms with Gasteiger partial charge in [0.15, 0.2) is 0 Å². The van der Waals surface area contributed by atoms with Crippen LogP contribution in [0.2, 0.25) is 0 Å². The third-order valence-corrected chi connectivity index (χ3v) is 23.4. The van der Waals surface area contributed by atoms with Gasteiger partial charge in [-0.25, -0.2) is 0 Å². The van der Waals surface area contributed by atoms with Gasteiger partial charge < -0.3 is 0 Å². The van der Waals surface area contributed by atoms with Gasteiger partial charge in [0.2, 0.25) is 0 Å². The summed E-state index contributed by atoms with van der Waals surface area (Å²) in [4.78, 5) is 0. The minimum atomic E-state index is 0.0663. The zero-order valence-electron chi connectivity index (χ0n) is 25.0. The summed E-state index contributed by atoms with van der Waals surface area (Å²) in [5.74, 6) is 0. The van der Waals surface area contributed by atoms with Crippen molar-refractivity contribution >= 4 is 31.7 Å². The standard InChI is InChI=1S/C28H62P4/c1-19(2)29(20(3)4)27(30(21(5)6)22(7)8)17-18-28(31(23(9)10)24(11)12)32(25(13)14)26(15)16/h19-28H,17-18H2,1-16H3. The Morgan fingerprint density at radius 3 is 0.500 bits per heavy atom. The topological polar surface area (TPSA) is 0 Å². The lowest BCUT2D eigenvalue weighted by molar-refractivity contribution is 0.784. The SMILES string of the molecule is CC(C)P(C(C)C)C(CCC(P(C(C)C)C(C)C)P(C(C)C)C(C)C)P(C(C)C)C(C)C. The van der Waals surface area contributed by atoms with Crippen LogP contribution >= 0.6 is 31.7 Å². The smallest absolute Gasteiger partial charge is 0.000371 e. The van der Waals surface area contributed by atoms with Crippen molar-refractivity contribution in [2.75, 3.05) is 0 Å². The van der Waals surface area contributed by atoms with Crippen LogP contribution in [0.4, 0.5) is 0 Å². The van der Waals surface area contributed by atoms with Crippen LogP contribution in [0.5, 0.6) is 0 Å². The molecule has 0 aromatic rings. The average molecular weight is 523 g/mol. The van der Waals surface area contributed by atoms with Crippen LogP contribution in [0.1, 0.15) is 124 Å². The van der Waals surface area contributed by atoms with Crippen molar-refractivity contribution < 1.29 is 0 Å². The van der Waals surface area contributed by atoms with Crippen LogP contribution in [-0.2, 0) is 0 Å². The molecule has 32 heavy (non-hydrogen) atoms. The quantitative estimate of drug-likeness (QED) is 0.188. The van der Waals surface area contributed by atoms with Gasteiger partial charge in [-0.3, -0.25) is 0 Å². The summed E-state index contributed by atoms with van der Waals surface area (Å²) in [6.45, 7) is 40.6. The Bertz CT molecular complexity index is 366. The molecule has 0 aliphatic carbocycles. The van der Waals surface area contributed by atoms with Crippen molar-refractivity contribution in [2.24, 2.45) is 0 Å². The molecule has 0 spiro atoms. The molecule has 0 saturated carbocycles. The Labute approximate surface area is 211 Å². The second-order valence-corrected chi connectivity index (χ2v) is 27.2. The monoisotopic (exact) mass is 522 g/mol. The van der Waals surface area contributed by atoms with Gasteiger partial charge in [-0.05, 0) is 58.1 Å². The molecule has 0 aliphatic rings. The first-order valence-corrected chi connectivity index (χ1v) is 19.8. The summed E-state index contributed by atoms with van der Waals surface area (Å²) in [5.41, 5.74) is 6.81. The molecular weight excluding hydrogens is 460 g/mol. The zero-order chi connectivity index (χ0) is 25.5. The second kappa shape index (κ2) is 15.7. The van der Waals surface area contributed by atoms with Crippen LogP contribution in [-0.4, -0.2) is 56.1 Å². The van der Waals surface area contributed by atoms with E-state index in [2.05, 4.69) is 111 Å².